The number of sulfonamides is 1. The summed E-state index contributed by atoms with van der Waals surface area (Å²) in [5.41, 5.74) is 5.54. The first kappa shape index (κ1) is 14.8. The minimum absolute atomic E-state index is 0.275. The molecule has 106 valence electrons. The molecule has 0 unspecified atom stereocenters. The summed E-state index contributed by atoms with van der Waals surface area (Å²) >= 11 is 5.86. The Hall–Kier alpha value is -0.620. The van der Waals surface area contributed by atoms with Crippen LogP contribution in [0.3, 0.4) is 0 Å². The molecule has 0 aliphatic carbocycles. The highest BCUT2D eigenvalue weighted by Crippen LogP contribution is 2.26. The van der Waals surface area contributed by atoms with Gasteiger partial charge in [0.25, 0.3) is 0 Å². The Kier molecular flexibility index (Phi) is 4.84. The number of hydrogen-bond acceptors (Lipinski definition) is 3. The summed E-state index contributed by atoms with van der Waals surface area (Å²) in [6.45, 7) is 1.81. The highest BCUT2D eigenvalue weighted by Gasteiger charge is 2.29. The van der Waals surface area contributed by atoms with E-state index in [9.17, 15) is 8.42 Å². The zero-order valence-electron chi connectivity index (χ0n) is 10.8. The number of benzene rings is 1. The lowest BCUT2D eigenvalue weighted by Gasteiger charge is -2.31. The standard InChI is InChI=1S/C13H19ClN2O2S/c14-12-2-1-3-13(10-12)19(17,18)16-8-5-11(4-7-15)6-9-16/h1-3,10-11H,4-9,15H2. The summed E-state index contributed by atoms with van der Waals surface area (Å²) in [5.74, 6) is 0.552. The molecule has 1 fully saturated rings. The van der Waals surface area contributed by atoms with Crippen LogP contribution in [0.25, 0.3) is 0 Å². The number of hydrogen-bond donors (Lipinski definition) is 1. The molecule has 6 heteroatoms. The van der Waals surface area contributed by atoms with Crippen LogP contribution in [0.4, 0.5) is 0 Å². The average Bonchev–Trinajstić information content (AvgIpc) is 2.40. The van der Waals surface area contributed by atoms with Gasteiger partial charge in [0.1, 0.15) is 0 Å². The topological polar surface area (TPSA) is 63.4 Å². The van der Waals surface area contributed by atoms with E-state index in [1.165, 1.54) is 6.07 Å². The van der Waals surface area contributed by atoms with Crippen LogP contribution in [0, 0.1) is 5.92 Å². The smallest absolute Gasteiger partial charge is 0.243 e. The first-order valence-electron chi connectivity index (χ1n) is 6.50. The third kappa shape index (κ3) is 3.48. The molecule has 0 aromatic heterocycles. The Balaban J connectivity index is 2.10. The molecule has 2 N–H and O–H groups in total. The third-order valence-electron chi connectivity index (χ3n) is 3.58. The largest absolute Gasteiger partial charge is 0.330 e. The van der Waals surface area contributed by atoms with Crippen LogP contribution in [0.1, 0.15) is 19.3 Å². The summed E-state index contributed by atoms with van der Waals surface area (Å²) < 4.78 is 26.4. The number of halogens is 1. The van der Waals surface area contributed by atoms with Crippen LogP contribution in [0.2, 0.25) is 5.02 Å². The summed E-state index contributed by atoms with van der Waals surface area (Å²) in [4.78, 5) is 0.275. The Labute approximate surface area is 119 Å². The van der Waals surface area contributed by atoms with Crippen molar-refractivity contribution in [3.63, 3.8) is 0 Å². The highest BCUT2D eigenvalue weighted by molar-refractivity contribution is 7.89. The van der Waals surface area contributed by atoms with Crippen molar-refractivity contribution < 1.29 is 8.42 Å². The van der Waals surface area contributed by atoms with Gasteiger partial charge in [0.15, 0.2) is 0 Å². The van der Waals surface area contributed by atoms with E-state index >= 15 is 0 Å². The summed E-state index contributed by atoms with van der Waals surface area (Å²) in [5, 5.41) is 0.444. The molecule has 4 nitrogen and oxygen atoms in total. The number of piperidine rings is 1. The molecule has 0 atom stereocenters. The maximum absolute atomic E-state index is 12.4. The first-order valence-corrected chi connectivity index (χ1v) is 8.31. The number of nitrogens with two attached hydrogens (primary N) is 1. The van der Waals surface area contributed by atoms with E-state index in [-0.39, 0.29) is 4.90 Å². The van der Waals surface area contributed by atoms with Gasteiger partial charge >= 0.3 is 0 Å². The fourth-order valence-corrected chi connectivity index (χ4v) is 4.22. The normalized spacial score (nSPS) is 18.6. The van der Waals surface area contributed by atoms with Crippen LogP contribution in [0.5, 0.6) is 0 Å². The van der Waals surface area contributed by atoms with Crippen molar-refractivity contribution in [1.29, 1.82) is 0 Å². The molecule has 1 aromatic carbocycles. The van der Waals surface area contributed by atoms with Crippen LogP contribution in [-0.2, 0) is 10.0 Å². The van der Waals surface area contributed by atoms with E-state index < -0.39 is 10.0 Å². The first-order chi connectivity index (χ1) is 9.04. The molecule has 19 heavy (non-hydrogen) atoms. The fraction of sp³-hybridized carbons (Fsp3) is 0.538. The molecule has 1 heterocycles. The summed E-state index contributed by atoms with van der Waals surface area (Å²) in [6.07, 6.45) is 2.75. The molecule has 0 amide bonds. The maximum atomic E-state index is 12.4. The SMILES string of the molecule is NCCC1CCN(S(=O)(=O)c2cccc(Cl)c2)CC1. The van der Waals surface area contributed by atoms with Crippen LogP contribution >= 0.6 is 11.6 Å². The average molecular weight is 303 g/mol. The van der Waals surface area contributed by atoms with E-state index in [4.69, 9.17) is 17.3 Å². The second kappa shape index (κ2) is 6.22. The molecule has 0 spiro atoms. The lowest BCUT2D eigenvalue weighted by Crippen LogP contribution is -2.38. The molecule has 1 saturated heterocycles. The second-order valence-electron chi connectivity index (χ2n) is 4.88. The predicted molar refractivity (Wildman–Crippen MR) is 76.6 cm³/mol. The van der Waals surface area contributed by atoms with Crippen molar-refractivity contribution in [1.82, 2.24) is 4.31 Å². The van der Waals surface area contributed by atoms with Crippen LogP contribution in [-0.4, -0.2) is 32.4 Å². The molecule has 0 bridgehead atoms. The third-order valence-corrected chi connectivity index (χ3v) is 5.71. The van der Waals surface area contributed by atoms with E-state index in [0.717, 1.165) is 19.3 Å². The minimum Gasteiger partial charge on any atom is -0.330 e. The summed E-state index contributed by atoms with van der Waals surface area (Å²) in [6, 6.07) is 6.43. The van der Waals surface area contributed by atoms with Gasteiger partial charge in [0.05, 0.1) is 4.90 Å². The van der Waals surface area contributed by atoms with E-state index in [1.54, 1.807) is 22.5 Å². The van der Waals surface area contributed by atoms with Gasteiger partial charge in [0, 0.05) is 18.1 Å². The van der Waals surface area contributed by atoms with Crippen molar-refractivity contribution in [3.05, 3.63) is 29.3 Å². The van der Waals surface area contributed by atoms with Gasteiger partial charge in [-0.1, -0.05) is 17.7 Å². The molecule has 1 aliphatic rings. The van der Waals surface area contributed by atoms with Gasteiger partial charge in [-0.3, -0.25) is 0 Å². The van der Waals surface area contributed by atoms with Crippen LogP contribution < -0.4 is 5.73 Å². The zero-order chi connectivity index (χ0) is 13.9. The van der Waals surface area contributed by atoms with Gasteiger partial charge < -0.3 is 5.73 Å². The van der Waals surface area contributed by atoms with Gasteiger partial charge in [-0.15, -0.1) is 0 Å². The Morgan fingerprint density at radius 3 is 2.58 bits per heavy atom. The Morgan fingerprint density at radius 2 is 2.00 bits per heavy atom. The molecular weight excluding hydrogens is 284 g/mol. The Morgan fingerprint density at radius 1 is 1.32 bits per heavy atom. The number of nitrogens with zero attached hydrogens (tertiary/aromatic N) is 1. The van der Waals surface area contributed by atoms with Crippen molar-refractivity contribution in [2.24, 2.45) is 11.7 Å². The van der Waals surface area contributed by atoms with E-state index in [1.807, 2.05) is 0 Å². The van der Waals surface area contributed by atoms with Gasteiger partial charge in [-0.05, 0) is 49.9 Å². The zero-order valence-corrected chi connectivity index (χ0v) is 12.3. The Bertz CT molecular complexity index is 525. The molecule has 2 rings (SSSR count). The van der Waals surface area contributed by atoms with Gasteiger partial charge in [-0.25, -0.2) is 8.42 Å². The molecule has 1 aliphatic heterocycles. The quantitative estimate of drug-likeness (QED) is 0.926. The minimum atomic E-state index is -3.41. The highest BCUT2D eigenvalue weighted by atomic mass is 35.5. The lowest BCUT2D eigenvalue weighted by atomic mass is 9.95. The molecule has 0 saturated carbocycles. The lowest BCUT2D eigenvalue weighted by molar-refractivity contribution is 0.266. The van der Waals surface area contributed by atoms with Crippen molar-refractivity contribution >= 4 is 21.6 Å². The van der Waals surface area contributed by atoms with Crippen molar-refractivity contribution in [2.75, 3.05) is 19.6 Å². The number of rotatable bonds is 4. The predicted octanol–water partition coefficient (Wildman–Crippen LogP) is 2.09. The van der Waals surface area contributed by atoms with Crippen molar-refractivity contribution in [2.45, 2.75) is 24.2 Å². The van der Waals surface area contributed by atoms with Gasteiger partial charge in [-0.2, -0.15) is 4.31 Å². The maximum Gasteiger partial charge on any atom is 0.243 e. The summed E-state index contributed by atoms with van der Waals surface area (Å²) in [7, 11) is -3.41. The van der Waals surface area contributed by atoms with Crippen LogP contribution in [0.15, 0.2) is 29.2 Å². The molecular formula is C13H19ClN2O2S. The second-order valence-corrected chi connectivity index (χ2v) is 7.26. The van der Waals surface area contributed by atoms with E-state index in [0.29, 0.717) is 30.6 Å². The van der Waals surface area contributed by atoms with Crippen molar-refractivity contribution in [3.8, 4) is 0 Å². The monoisotopic (exact) mass is 302 g/mol. The molecule has 1 aromatic rings. The fourth-order valence-electron chi connectivity index (χ4n) is 2.45. The van der Waals surface area contributed by atoms with E-state index in [2.05, 4.69) is 0 Å². The van der Waals surface area contributed by atoms with Gasteiger partial charge in [0.2, 0.25) is 10.0 Å². The molecule has 0 radical (unpaired) electrons.